The van der Waals surface area contributed by atoms with Crippen molar-refractivity contribution in [2.45, 2.75) is 40.2 Å². The van der Waals surface area contributed by atoms with Crippen molar-refractivity contribution in [2.75, 3.05) is 32.0 Å². The van der Waals surface area contributed by atoms with Crippen molar-refractivity contribution in [3.05, 3.63) is 0 Å². The van der Waals surface area contributed by atoms with E-state index in [1.807, 2.05) is 13.8 Å². The zero-order chi connectivity index (χ0) is 16.3. The Morgan fingerprint density at radius 3 is 2.43 bits per heavy atom. The van der Waals surface area contributed by atoms with E-state index in [0.29, 0.717) is 31.6 Å². The second-order valence-corrected chi connectivity index (χ2v) is 6.81. The number of primary sulfonamides is 1. The first kappa shape index (κ1) is 20.1. The van der Waals surface area contributed by atoms with Gasteiger partial charge < -0.3 is 15.4 Å². The molecule has 0 aliphatic rings. The number of rotatable bonds is 10. The van der Waals surface area contributed by atoms with E-state index in [4.69, 9.17) is 9.88 Å². The highest BCUT2D eigenvalue weighted by Gasteiger charge is 2.12. The van der Waals surface area contributed by atoms with E-state index in [2.05, 4.69) is 29.5 Å². The van der Waals surface area contributed by atoms with Crippen LogP contribution in [0.5, 0.6) is 0 Å². The lowest BCUT2D eigenvalue weighted by Crippen LogP contribution is -2.40. The average molecular weight is 322 g/mol. The summed E-state index contributed by atoms with van der Waals surface area (Å²) in [5.74, 6) is 0.920. The maximum absolute atomic E-state index is 10.9. The molecule has 1 atom stereocenters. The topological polar surface area (TPSA) is 106 Å². The molecule has 0 radical (unpaired) electrons. The second-order valence-electron chi connectivity index (χ2n) is 5.08. The van der Waals surface area contributed by atoms with Crippen LogP contribution < -0.4 is 15.8 Å². The minimum atomic E-state index is -3.45. The van der Waals surface area contributed by atoms with Crippen LogP contribution in [-0.4, -0.2) is 52.5 Å². The van der Waals surface area contributed by atoms with E-state index < -0.39 is 10.0 Å². The largest absolute Gasteiger partial charge is 0.378 e. The number of sulfonamides is 1. The zero-order valence-electron chi connectivity index (χ0n) is 13.6. The Morgan fingerprint density at radius 2 is 1.95 bits per heavy atom. The summed E-state index contributed by atoms with van der Waals surface area (Å²) in [6.45, 7) is 10.4. The van der Waals surface area contributed by atoms with Crippen molar-refractivity contribution >= 4 is 16.0 Å². The molecule has 1 unspecified atom stereocenters. The molecule has 0 bridgehead atoms. The van der Waals surface area contributed by atoms with E-state index in [-0.39, 0.29) is 18.4 Å². The van der Waals surface area contributed by atoms with Gasteiger partial charge in [-0.05, 0) is 26.2 Å². The molecule has 0 heterocycles. The van der Waals surface area contributed by atoms with Crippen LogP contribution in [-0.2, 0) is 14.8 Å². The monoisotopic (exact) mass is 322 g/mol. The van der Waals surface area contributed by atoms with Crippen molar-refractivity contribution in [2.24, 2.45) is 16.0 Å². The molecular weight excluding hydrogens is 292 g/mol. The maximum Gasteiger partial charge on any atom is 0.210 e. The number of nitrogens with one attached hydrogen (secondary N) is 2. The van der Waals surface area contributed by atoms with Gasteiger partial charge in [0.05, 0.1) is 11.9 Å². The van der Waals surface area contributed by atoms with E-state index in [1.54, 1.807) is 0 Å². The van der Waals surface area contributed by atoms with Crippen molar-refractivity contribution in [1.29, 1.82) is 0 Å². The summed E-state index contributed by atoms with van der Waals surface area (Å²) in [6, 6.07) is 0. The molecule has 7 nitrogen and oxygen atoms in total. The Bertz CT molecular complexity index is 396. The lowest BCUT2D eigenvalue weighted by molar-refractivity contribution is 0.0266. The fraction of sp³-hybridized carbons (Fsp3) is 0.923. The fourth-order valence-corrected chi connectivity index (χ4v) is 2.17. The summed E-state index contributed by atoms with van der Waals surface area (Å²) in [6.07, 6.45) is 1.02. The van der Waals surface area contributed by atoms with Crippen molar-refractivity contribution in [3.8, 4) is 0 Å². The van der Waals surface area contributed by atoms with Crippen LogP contribution in [0.3, 0.4) is 0 Å². The molecule has 0 aromatic rings. The molecule has 0 rings (SSSR count). The van der Waals surface area contributed by atoms with Gasteiger partial charge in [0.25, 0.3) is 0 Å². The Morgan fingerprint density at radius 1 is 1.29 bits per heavy atom. The molecule has 4 N–H and O–H groups in total. The highest BCUT2D eigenvalue weighted by atomic mass is 32.2. The fourth-order valence-electron chi connectivity index (χ4n) is 1.78. The number of hydrogen-bond acceptors (Lipinski definition) is 4. The summed E-state index contributed by atoms with van der Waals surface area (Å²) in [4.78, 5) is 4.42. The number of ether oxygens (including phenoxy) is 1. The lowest BCUT2D eigenvalue weighted by Gasteiger charge is -2.20. The van der Waals surface area contributed by atoms with Gasteiger partial charge >= 0.3 is 0 Å². The van der Waals surface area contributed by atoms with Crippen LogP contribution in [0.2, 0.25) is 0 Å². The highest BCUT2D eigenvalue weighted by molar-refractivity contribution is 7.89. The molecule has 0 aromatic heterocycles. The van der Waals surface area contributed by atoms with Gasteiger partial charge in [0.1, 0.15) is 0 Å². The third kappa shape index (κ3) is 11.5. The number of aliphatic imine (C=N–C) groups is 1. The Balaban J connectivity index is 4.31. The Labute approximate surface area is 128 Å². The van der Waals surface area contributed by atoms with Gasteiger partial charge in [-0.3, -0.25) is 4.99 Å². The normalized spacial score (nSPS) is 14.3. The summed E-state index contributed by atoms with van der Waals surface area (Å²) in [5.41, 5.74) is 0. The molecule has 0 saturated heterocycles. The predicted molar refractivity (Wildman–Crippen MR) is 86.8 cm³/mol. The molecule has 0 saturated carbocycles. The van der Waals surface area contributed by atoms with Gasteiger partial charge in [-0.25, -0.2) is 13.6 Å². The highest BCUT2D eigenvalue weighted by Crippen LogP contribution is 2.10. The van der Waals surface area contributed by atoms with Crippen molar-refractivity contribution in [3.63, 3.8) is 0 Å². The summed E-state index contributed by atoms with van der Waals surface area (Å²) < 4.78 is 27.4. The third-order valence-electron chi connectivity index (χ3n) is 2.83. The van der Waals surface area contributed by atoms with Crippen molar-refractivity contribution < 1.29 is 13.2 Å². The van der Waals surface area contributed by atoms with Gasteiger partial charge in [0.15, 0.2) is 5.96 Å². The number of nitrogens with two attached hydrogens (primary N) is 1. The van der Waals surface area contributed by atoms with Crippen LogP contribution in [0.25, 0.3) is 0 Å². The van der Waals surface area contributed by atoms with Crippen LogP contribution in [0.15, 0.2) is 4.99 Å². The summed E-state index contributed by atoms with van der Waals surface area (Å²) in [5, 5.41) is 11.0. The molecule has 21 heavy (non-hydrogen) atoms. The van der Waals surface area contributed by atoms with Gasteiger partial charge in [0.2, 0.25) is 10.0 Å². The quantitative estimate of drug-likeness (QED) is 0.396. The average Bonchev–Trinajstić information content (AvgIpc) is 2.36. The molecule has 0 fully saturated rings. The lowest BCUT2D eigenvalue weighted by atomic mass is 10.0. The number of nitrogens with zero attached hydrogens (tertiary/aromatic N) is 1. The Hall–Kier alpha value is -0.860. The third-order valence-corrected chi connectivity index (χ3v) is 3.60. The van der Waals surface area contributed by atoms with Gasteiger partial charge in [-0.1, -0.05) is 13.8 Å². The van der Waals surface area contributed by atoms with E-state index in [1.165, 1.54) is 0 Å². The summed E-state index contributed by atoms with van der Waals surface area (Å²) >= 11 is 0. The molecule has 0 aliphatic heterocycles. The van der Waals surface area contributed by atoms with Gasteiger partial charge in [-0.2, -0.15) is 0 Å². The zero-order valence-corrected chi connectivity index (χ0v) is 14.4. The number of guanidine groups is 1. The molecule has 126 valence electrons. The van der Waals surface area contributed by atoms with Crippen LogP contribution in [0.1, 0.15) is 34.1 Å². The Kier molecular flexibility index (Phi) is 10.4. The van der Waals surface area contributed by atoms with Crippen LogP contribution >= 0.6 is 0 Å². The van der Waals surface area contributed by atoms with Crippen LogP contribution in [0.4, 0.5) is 0 Å². The first-order valence-corrected chi connectivity index (χ1v) is 9.15. The minimum absolute atomic E-state index is 0.120. The molecular formula is C13H30N4O3S. The molecule has 0 aliphatic carbocycles. The van der Waals surface area contributed by atoms with Gasteiger partial charge in [0, 0.05) is 26.2 Å². The minimum Gasteiger partial charge on any atom is -0.378 e. The standard InChI is InChI=1S/C13H30N4O3S/c1-5-15-13(17-9-10-21(14,18)19)16-8-7-12(11(3)4)20-6-2/h11-12H,5-10H2,1-4H3,(H2,14,18,19)(H2,15,16,17). The molecule has 0 amide bonds. The summed E-state index contributed by atoms with van der Waals surface area (Å²) in [7, 11) is -3.45. The van der Waals surface area contributed by atoms with E-state index in [9.17, 15) is 8.42 Å². The SMILES string of the molecule is CCNC(=NCCC(OCC)C(C)C)NCCS(N)(=O)=O. The maximum atomic E-state index is 10.9. The van der Waals surface area contributed by atoms with Crippen LogP contribution in [0, 0.1) is 5.92 Å². The number of hydrogen-bond donors (Lipinski definition) is 3. The molecule has 0 aromatic carbocycles. The van der Waals surface area contributed by atoms with E-state index in [0.717, 1.165) is 6.42 Å². The molecule has 8 heteroatoms. The predicted octanol–water partition coefficient (Wildman–Crippen LogP) is 0.281. The first-order valence-electron chi connectivity index (χ1n) is 7.44. The second kappa shape index (κ2) is 10.8. The van der Waals surface area contributed by atoms with Crippen molar-refractivity contribution in [1.82, 2.24) is 10.6 Å². The van der Waals surface area contributed by atoms with Gasteiger partial charge in [-0.15, -0.1) is 0 Å². The van der Waals surface area contributed by atoms with E-state index >= 15 is 0 Å². The smallest absolute Gasteiger partial charge is 0.210 e. The first-order chi connectivity index (χ1) is 9.80. The molecule has 0 spiro atoms.